The maximum atomic E-state index is 9.69. The van der Waals surface area contributed by atoms with Crippen LogP contribution >= 0.6 is 11.8 Å². The lowest BCUT2D eigenvalue weighted by atomic mass is 10.1. The van der Waals surface area contributed by atoms with Gasteiger partial charge >= 0.3 is 0 Å². The van der Waals surface area contributed by atoms with E-state index in [9.17, 15) is 5.21 Å². The van der Waals surface area contributed by atoms with Gasteiger partial charge in [0.25, 0.3) is 0 Å². The number of aromatic nitrogens is 1. The van der Waals surface area contributed by atoms with Crippen LogP contribution in [0.5, 0.6) is 11.6 Å². The second kappa shape index (κ2) is 7.88. The molecular formula is C21H21N3O2S. The lowest BCUT2D eigenvalue weighted by Gasteiger charge is -2.29. The van der Waals surface area contributed by atoms with Gasteiger partial charge in [0.2, 0.25) is 5.88 Å². The van der Waals surface area contributed by atoms with Crippen molar-refractivity contribution in [1.29, 1.82) is 0 Å². The minimum Gasteiger partial charge on any atom is -0.438 e. The number of amidine groups is 1. The highest BCUT2D eigenvalue weighted by molar-refractivity contribution is 7.99. The number of pyridine rings is 1. The lowest BCUT2D eigenvalue weighted by Crippen LogP contribution is -2.38. The molecule has 1 saturated heterocycles. The first-order chi connectivity index (χ1) is 13.2. The molecule has 0 saturated carbocycles. The molecule has 1 fully saturated rings. The number of rotatable bonds is 3. The molecule has 1 aliphatic rings. The van der Waals surface area contributed by atoms with E-state index in [1.165, 1.54) is 0 Å². The van der Waals surface area contributed by atoms with Gasteiger partial charge in [-0.05, 0) is 42.0 Å². The number of fused-ring (bicyclic) bond motifs is 1. The number of oxime groups is 1. The fraction of sp³-hybridized carbons (Fsp3) is 0.238. The van der Waals surface area contributed by atoms with Crippen molar-refractivity contribution in [2.24, 2.45) is 5.16 Å². The van der Waals surface area contributed by atoms with Crippen LogP contribution in [-0.2, 0) is 0 Å². The molecule has 27 heavy (non-hydrogen) atoms. The van der Waals surface area contributed by atoms with Crippen LogP contribution in [0.15, 0.2) is 59.8 Å². The van der Waals surface area contributed by atoms with Crippen molar-refractivity contribution in [1.82, 2.24) is 9.88 Å². The van der Waals surface area contributed by atoms with Crippen molar-refractivity contribution < 1.29 is 9.94 Å². The first-order valence-electron chi connectivity index (χ1n) is 8.94. The van der Waals surface area contributed by atoms with Crippen LogP contribution in [0.4, 0.5) is 0 Å². The second-order valence-corrected chi connectivity index (χ2v) is 7.66. The predicted octanol–water partition coefficient (Wildman–Crippen LogP) is 4.52. The predicted molar refractivity (Wildman–Crippen MR) is 110 cm³/mol. The van der Waals surface area contributed by atoms with Crippen LogP contribution in [0, 0.1) is 6.92 Å². The minimum absolute atomic E-state index is 0.455. The van der Waals surface area contributed by atoms with Crippen LogP contribution < -0.4 is 4.74 Å². The molecule has 0 aliphatic carbocycles. The van der Waals surface area contributed by atoms with Gasteiger partial charge in [-0.2, -0.15) is 11.8 Å². The van der Waals surface area contributed by atoms with Gasteiger partial charge in [0.1, 0.15) is 5.75 Å². The zero-order chi connectivity index (χ0) is 18.6. The molecule has 5 nitrogen and oxygen atoms in total. The highest BCUT2D eigenvalue weighted by atomic mass is 32.2. The molecule has 0 bridgehead atoms. The lowest BCUT2D eigenvalue weighted by molar-refractivity contribution is 0.303. The van der Waals surface area contributed by atoms with Crippen molar-refractivity contribution in [2.75, 3.05) is 24.6 Å². The molecule has 0 atom stereocenters. The Bertz CT molecular complexity index is 984. The molecular weight excluding hydrogens is 358 g/mol. The van der Waals surface area contributed by atoms with E-state index in [0.29, 0.717) is 23.0 Å². The van der Waals surface area contributed by atoms with Crippen molar-refractivity contribution in [3.63, 3.8) is 0 Å². The van der Waals surface area contributed by atoms with Gasteiger partial charge in [0.05, 0.1) is 5.56 Å². The summed E-state index contributed by atoms with van der Waals surface area (Å²) in [5, 5.41) is 15.5. The summed E-state index contributed by atoms with van der Waals surface area (Å²) >= 11 is 1.91. The van der Waals surface area contributed by atoms with Crippen molar-refractivity contribution in [3.8, 4) is 11.6 Å². The fourth-order valence-electron chi connectivity index (χ4n) is 3.19. The number of thioether (sulfide) groups is 1. The molecule has 0 radical (unpaired) electrons. The number of ether oxygens (including phenoxy) is 1. The van der Waals surface area contributed by atoms with E-state index in [1.54, 1.807) is 0 Å². The van der Waals surface area contributed by atoms with Gasteiger partial charge in [0.15, 0.2) is 5.84 Å². The molecule has 2 aromatic carbocycles. The van der Waals surface area contributed by atoms with E-state index in [0.717, 1.165) is 41.1 Å². The summed E-state index contributed by atoms with van der Waals surface area (Å²) in [6.45, 7) is 3.60. The average Bonchev–Trinajstić information content (AvgIpc) is 2.71. The van der Waals surface area contributed by atoms with E-state index in [2.05, 4.69) is 27.2 Å². The number of benzene rings is 2. The largest absolute Gasteiger partial charge is 0.438 e. The third-order valence-corrected chi connectivity index (χ3v) is 5.52. The Balaban J connectivity index is 1.69. The molecule has 6 heteroatoms. The van der Waals surface area contributed by atoms with E-state index in [-0.39, 0.29) is 0 Å². The van der Waals surface area contributed by atoms with Gasteiger partial charge in [-0.25, -0.2) is 4.98 Å². The topological polar surface area (TPSA) is 58.0 Å². The van der Waals surface area contributed by atoms with Gasteiger partial charge in [-0.3, -0.25) is 0 Å². The maximum absolute atomic E-state index is 9.69. The van der Waals surface area contributed by atoms with E-state index in [4.69, 9.17) is 4.74 Å². The van der Waals surface area contributed by atoms with E-state index >= 15 is 0 Å². The van der Waals surface area contributed by atoms with Gasteiger partial charge in [-0.15, -0.1) is 0 Å². The third-order valence-electron chi connectivity index (χ3n) is 4.58. The number of hydrogen-bond donors (Lipinski definition) is 1. The Morgan fingerprint density at radius 2 is 1.85 bits per heavy atom. The summed E-state index contributed by atoms with van der Waals surface area (Å²) in [6.07, 6.45) is 0. The van der Waals surface area contributed by atoms with Crippen molar-refractivity contribution in [2.45, 2.75) is 6.92 Å². The highest BCUT2D eigenvalue weighted by Crippen LogP contribution is 2.28. The van der Waals surface area contributed by atoms with Gasteiger partial charge in [0, 0.05) is 30.3 Å². The summed E-state index contributed by atoms with van der Waals surface area (Å²) in [7, 11) is 0. The summed E-state index contributed by atoms with van der Waals surface area (Å²) < 4.78 is 6.14. The molecule has 1 aliphatic heterocycles. The minimum atomic E-state index is 0.455. The first kappa shape index (κ1) is 17.7. The molecule has 0 unspecified atom stereocenters. The van der Waals surface area contributed by atoms with Crippen LogP contribution in [0.25, 0.3) is 10.8 Å². The standard InChI is InChI=1S/C21H21N3O2S/c1-15-6-9-19(20(23-25)24-10-12-27-13-11-24)21(22-15)26-18-8-7-16-4-2-3-5-17(16)14-18/h2-9,14,25H,10-13H2,1H3/b23-20-. The Morgan fingerprint density at radius 1 is 1.07 bits per heavy atom. The fourth-order valence-corrected chi connectivity index (χ4v) is 4.09. The van der Waals surface area contributed by atoms with Gasteiger partial charge < -0.3 is 14.8 Å². The SMILES string of the molecule is Cc1ccc(/C(=N/O)N2CCSCC2)c(Oc2ccc3ccccc3c2)n1. The summed E-state index contributed by atoms with van der Waals surface area (Å²) in [4.78, 5) is 6.65. The smallest absolute Gasteiger partial charge is 0.230 e. The van der Waals surface area contributed by atoms with E-state index < -0.39 is 0 Å². The average molecular weight is 379 g/mol. The summed E-state index contributed by atoms with van der Waals surface area (Å²) in [6, 6.07) is 17.9. The Hall–Kier alpha value is -2.73. The number of aryl methyl sites for hydroxylation is 1. The van der Waals surface area contributed by atoms with Crippen molar-refractivity contribution >= 4 is 28.4 Å². The highest BCUT2D eigenvalue weighted by Gasteiger charge is 2.22. The Morgan fingerprint density at radius 3 is 2.63 bits per heavy atom. The van der Waals surface area contributed by atoms with Crippen LogP contribution in [0.1, 0.15) is 11.3 Å². The molecule has 3 aromatic rings. The Kier molecular flexibility index (Phi) is 5.16. The second-order valence-electron chi connectivity index (χ2n) is 6.44. The summed E-state index contributed by atoms with van der Waals surface area (Å²) in [5.41, 5.74) is 1.55. The van der Waals surface area contributed by atoms with E-state index in [1.807, 2.05) is 61.2 Å². The third kappa shape index (κ3) is 3.85. The zero-order valence-corrected chi connectivity index (χ0v) is 15.9. The zero-order valence-electron chi connectivity index (χ0n) is 15.1. The Labute approximate surface area is 162 Å². The molecule has 4 rings (SSSR count). The van der Waals surface area contributed by atoms with Crippen LogP contribution in [0.2, 0.25) is 0 Å². The molecule has 0 spiro atoms. The molecule has 1 N–H and O–H groups in total. The monoisotopic (exact) mass is 379 g/mol. The summed E-state index contributed by atoms with van der Waals surface area (Å²) in [5.74, 6) is 3.70. The molecule has 2 heterocycles. The van der Waals surface area contributed by atoms with Crippen molar-refractivity contribution in [3.05, 3.63) is 65.9 Å². The quantitative estimate of drug-likeness (QED) is 0.314. The van der Waals surface area contributed by atoms with Crippen LogP contribution in [-0.4, -0.2) is 45.5 Å². The van der Waals surface area contributed by atoms with Crippen LogP contribution in [0.3, 0.4) is 0 Å². The number of nitrogens with zero attached hydrogens (tertiary/aromatic N) is 3. The molecule has 138 valence electrons. The number of hydrogen-bond acceptors (Lipinski definition) is 5. The molecule has 0 amide bonds. The van der Waals surface area contributed by atoms with Gasteiger partial charge in [-0.1, -0.05) is 35.5 Å². The first-order valence-corrected chi connectivity index (χ1v) is 10.1. The maximum Gasteiger partial charge on any atom is 0.230 e. The normalized spacial score (nSPS) is 15.1. The molecule has 1 aromatic heterocycles.